The monoisotopic (exact) mass is 323 g/mol. The van der Waals surface area contributed by atoms with E-state index in [1.54, 1.807) is 24.3 Å². The van der Waals surface area contributed by atoms with Gasteiger partial charge in [-0.1, -0.05) is 18.2 Å². The van der Waals surface area contributed by atoms with E-state index in [2.05, 4.69) is 10.6 Å². The Labute approximate surface area is 140 Å². The van der Waals surface area contributed by atoms with E-state index in [1.165, 1.54) is 6.07 Å². The zero-order chi connectivity index (χ0) is 17.5. The quantitative estimate of drug-likeness (QED) is 0.905. The third-order valence-electron chi connectivity index (χ3n) is 3.44. The minimum Gasteiger partial charge on any atom is -0.484 e. The molecule has 2 N–H and O–H groups in total. The molecule has 0 spiro atoms. The number of urea groups is 1. The number of hydrogen-bond acceptors (Lipinski definition) is 4. The van der Waals surface area contributed by atoms with Gasteiger partial charge in [0.15, 0.2) is 6.61 Å². The minimum atomic E-state index is -0.622. The van der Waals surface area contributed by atoms with Crippen LogP contribution in [0.1, 0.15) is 16.7 Å². The van der Waals surface area contributed by atoms with Crippen molar-refractivity contribution in [3.05, 3.63) is 59.2 Å². The van der Waals surface area contributed by atoms with Crippen molar-refractivity contribution in [3.63, 3.8) is 0 Å². The summed E-state index contributed by atoms with van der Waals surface area (Å²) in [4.78, 5) is 23.6. The number of carbonyl (C=O) groups is 2. The first-order chi connectivity index (χ1) is 11.5. The molecule has 24 heavy (non-hydrogen) atoms. The summed E-state index contributed by atoms with van der Waals surface area (Å²) in [6, 6.07) is 13.3. The van der Waals surface area contributed by atoms with Crippen molar-refractivity contribution in [3.8, 4) is 11.8 Å². The number of rotatable bonds is 4. The number of hydrogen-bond donors (Lipinski definition) is 2. The van der Waals surface area contributed by atoms with Crippen molar-refractivity contribution in [2.24, 2.45) is 0 Å². The molecule has 0 aromatic heterocycles. The molecule has 0 unspecified atom stereocenters. The van der Waals surface area contributed by atoms with Crippen LogP contribution in [0.5, 0.6) is 5.75 Å². The Morgan fingerprint density at radius 3 is 2.67 bits per heavy atom. The molecule has 0 aliphatic rings. The molecule has 0 radical (unpaired) electrons. The lowest BCUT2D eigenvalue weighted by molar-refractivity contribution is -0.121. The van der Waals surface area contributed by atoms with E-state index in [0.29, 0.717) is 17.0 Å². The lowest BCUT2D eigenvalue weighted by Gasteiger charge is -2.11. The van der Waals surface area contributed by atoms with Crippen LogP contribution in [0.15, 0.2) is 42.5 Å². The van der Waals surface area contributed by atoms with Crippen molar-refractivity contribution < 1.29 is 14.3 Å². The highest BCUT2D eigenvalue weighted by Gasteiger charge is 2.10. The first-order valence-electron chi connectivity index (χ1n) is 7.29. The third kappa shape index (κ3) is 4.58. The highest BCUT2D eigenvalue weighted by molar-refractivity contribution is 6.02. The van der Waals surface area contributed by atoms with Crippen LogP contribution in [-0.2, 0) is 4.79 Å². The highest BCUT2D eigenvalue weighted by Crippen LogP contribution is 2.17. The zero-order valence-corrected chi connectivity index (χ0v) is 13.4. The van der Waals surface area contributed by atoms with Crippen LogP contribution in [0.25, 0.3) is 0 Å². The number of imide groups is 1. The van der Waals surface area contributed by atoms with E-state index in [-0.39, 0.29) is 6.61 Å². The zero-order valence-electron chi connectivity index (χ0n) is 13.4. The normalized spacial score (nSPS) is 9.71. The van der Waals surface area contributed by atoms with Crippen LogP contribution in [0, 0.1) is 25.2 Å². The van der Waals surface area contributed by atoms with Gasteiger partial charge in [-0.25, -0.2) is 4.79 Å². The number of carbonyl (C=O) groups excluding carboxylic acids is 2. The molecule has 0 fully saturated rings. The number of nitrogens with zero attached hydrogens (tertiary/aromatic N) is 1. The summed E-state index contributed by atoms with van der Waals surface area (Å²) >= 11 is 0. The maximum absolute atomic E-state index is 11.9. The standard InChI is InChI=1S/C18H17N3O3/c1-12-5-3-8-16(13(12)2)20-18(23)21-17(22)11-24-15-7-4-6-14(9-15)10-19/h3-9H,11H2,1-2H3,(H2,20,21,22,23). The second-order valence-corrected chi connectivity index (χ2v) is 5.18. The molecule has 6 nitrogen and oxygen atoms in total. The molecule has 6 heteroatoms. The molecular weight excluding hydrogens is 306 g/mol. The molecule has 0 bridgehead atoms. The van der Waals surface area contributed by atoms with Crippen LogP contribution in [0.3, 0.4) is 0 Å². The van der Waals surface area contributed by atoms with Gasteiger partial charge in [-0.2, -0.15) is 5.26 Å². The van der Waals surface area contributed by atoms with Gasteiger partial charge in [-0.15, -0.1) is 0 Å². The summed E-state index contributed by atoms with van der Waals surface area (Å²) in [6.07, 6.45) is 0. The molecule has 2 aromatic carbocycles. The Morgan fingerprint density at radius 2 is 1.92 bits per heavy atom. The lowest BCUT2D eigenvalue weighted by atomic mass is 10.1. The predicted octanol–water partition coefficient (Wildman–Crippen LogP) is 2.90. The van der Waals surface area contributed by atoms with Gasteiger partial charge < -0.3 is 10.1 Å². The molecule has 0 atom stereocenters. The van der Waals surface area contributed by atoms with Crippen molar-refractivity contribution in [2.75, 3.05) is 11.9 Å². The fraction of sp³-hybridized carbons (Fsp3) is 0.167. The summed E-state index contributed by atoms with van der Waals surface area (Å²) in [5.74, 6) is -0.195. The van der Waals surface area contributed by atoms with E-state index in [0.717, 1.165) is 11.1 Å². The van der Waals surface area contributed by atoms with Gasteiger partial charge in [0.25, 0.3) is 5.91 Å². The molecule has 0 saturated carbocycles. The lowest BCUT2D eigenvalue weighted by Crippen LogP contribution is -2.37. The number of ether oxygens (including phenoxy) is 1. The average Bonchev–Trinajstić information content (AvgIpc) is 2.57. The molecule has 2 aromatic rings. The van der Waals surface area contributed by atoms with Gasteiger partial charge in [-0.05, 0) is 49.2 Å². The van der Waals surface area contributed by atoms with E-state index in [9.17, 15) is 9.59 Å². The van der Waals surface area contributed by atoms with E-state index >= 15 is 0 Å². The predicted molar refractivity (Wildman–Crippen MR) is 89.7 cm³/mol. The smallest absolute Gasteiger partial charge is 0.325 e. The van der Waals surface area contributed by atoms with E-state index in [1.807, 2.05) is 32.0 Å². The number of aryl methyl sites for hydroxylation is 1. The van der Waals surface area contributed by atoms with Crippen LogP contribution >= 0.6 is 0 Å². The van der Waals surface area contributed by atoms with Crippen LogP contribution in [0.4, 0.5) is 10.5 Å². The van der Waals surface area contributed by atoms with Gasteiger partial charge in [0.05, 0.1) is 11.6 Å². The van der Waals surface area contributed by atoms with Crippen LogP contribution < -0.4 is 15.4 Å². The van der Waals surface area contributed by atoms with Crippen molar-refractivity contribution in [2.45, 2.75) is 13.8 Å². The van der Waals surface area contributed by atoms with Crippen molar-refractivity contribution in [1.82, 2.24) is 5.32 Å². The molecular formula is C18H17N3O3. The maximum atomic E-state index is 11.9. The summed E-state index contributed by atoms with van der Waals surface area (Å²) in [7, 11) is 0. The minimum absolute atomic E-state index is 0.324. The first-order valence-corrected chi connectivity index (χ1v) is 7.29. The number of nitrogens with one attached hydrogen (secondary N) is 2. The van der Waals surface area contributed by atoms with Gasteiger partial charge >= 0.3 is 6.03 Å². The summed E-state index contributed by atoms with van der Waals surface area (Å²) in [5, 5.41) is 13.6. The van der Waals surface area contributed by atoms with Gasteiger partial charge in [0.1, 0.15) is 5.75 Å². The molecule has 3 amide bonds. The van der Waals surface area contributed by atoms with E-state index < -0.39 is 11.9 Å². The first kappa shape index (κ1) is 17.0. The van der Waals surface area contributed by atoms with Crippen LogP contribution in [-0.4, -0.2) is 18.5 Å². The van der Waals surface area contributed by atoms with E-state index in [4.69, 9.17) is 10.00 Å². The topological polar surface area (TPSA) is 91.2 Å². The SMILES string of the molecule is Cc1cccc(NC(=O)NC(=O)COc2cccc(C#N)c2)c1C. The molecule has 2 rings (SSSR count). The molecule has 0 saturated heterocycles. The fourth-order valence-corrected chi connectivity index (χ4v) is 2.01. The molecule has 0 heterocycles. The Hall–Kier alpha value is -3.33. The highest BCUT2D eigenvalue weighted by atomic mass is 16.5. The van der Waals surface area contributed by atoms with Gasteiger partial charge in [-0.3, -0.25) is 10.1 Å². The van der Waals surface area contributed by atoms with Crippen LogP contribution in [0.2, 0.25) is 0 Å². The molecule has 0 aliphatic heterocycles. The van der Waals surface area contributed by atoms with Gasteiger partial charge in [0, 0.05) is 5.69 Å². The summed E-state index contributed by atoms with van der Waals surface area (Å²) in [5.41, 5.74) is 3.05. The number of nitriles is 1. The van der Waals surface area contributed by atoms with Crippen molar-refractivity contribution >= 4 is 17.6 Å². The maximum Gasteiger partial charge on any atom is 0.325 e. The Bertz CT molecular complexity index is 809. The number of amides is 3. The Kier molecular flexibility index (Phi) is 5.53. The average molecular weight is 323 g/mol. The van der Waals surface area contributed by atoms with Gasteiger partial charge in [0.2, 0.25) is 0 Å². The number of benzene rings is 2. The summed E-state index contributed by atoms with van der Waals surface area (Å²) in [6.45, 7) is 3.50. The Balaban J connectivity index is 1.86. The number of anilines is 1. The molecule has 0 aliphatic carbocycles. The third-order valence-corrected chi connectivity index (χ3v) is 3.44. The Morgan fingerprint density at radius 1 is 1.17 bits per heavy atom. The molecule has 122 valence electrons. The van der Waals surface area contributed by atoms with Crippen molar-refractivity contribution in [1.29, 1.82) is 5.26 Å². The second-order valence-electron chi connectivity index (χ2n) is 5.18. The second kappa shape index (κ2) is 7.79. The largest absolute Gasteiger partial charge is 0.484 e. The summed E-state index contributed by atoms with van der Waals surface area (Å²) < 4.78 is 5.26. The fourth-order valence-electron chi connectivity index (χ4n) is 2.01.